The lowest BCUT2D eigenvalue weighted by molar-refractivity contribution is -0.126. The van der Waals surface area contributed by atoms with Gasteiger partial charge in [-0.15, -0.1) is 0 Å². The van der Waals surface area contributed by atoms with Crippen molar-refractivity contribution in [3.63, 3.8) is 0 Å². The van der Waals surface area contributed by atoms with E-state index in [2.05, 4.69) is 10.6 Å². The molecule has 0 saturated heterocycles. The van der Waals surface area contributed by atoms with E-state index in [4.69, 9.17) is 0 Å². The van der Waals surface area contributed by atoms with Crippen LogP contribution in [0.5, 0.6) is 0 Å². The molecular weight excluding hydrogens is 348 g/mol. The quantitative estimate of drug-likeness (QED) is 0.637. The molecule has 3 aromatic rings. The second kappa shape index (κ2) is 10.1. The molecule has 0 unspecified atom stereocenters. The predicted octanol–water partition coefficient (Wildman–Crippen LogP) is 3.29. The Morgan fingerprint density at radius 3 is 1.71 bits per heavy atom. The van der Waals surface area contributed by atoms with Crippen LogP contribution in [-0.2, 0) is 16.0 Å². The molecule has 0 aliphatic carbocycles. The van der Waals surface area contributed by atoms with Gasteiger partial charge in [0.2, 0.25) is 11.8 Å². The summed E-state index contributed by atoms with van der Waals surface area (Å²) in [6.07, 6.45) is 0.761. The molecule has 2 amide bonds. The average Bonchev–Trinajstić information content (AvgIpc) is 2.75. The lowest BCUT2D eigenvalue weighted by atomic mass is 9.90. The zero-order chi connectivity index (χ0) is 19.6. The van der Waals surface area contributed by atoms with Gasteiger partial charge >= 0.3 is 0 Å². The zero-order valence-electron chi connectivity index (χ0n) is 15.7. The monoisotopic (exact) mass is 372 g/mol. The van der Waals surface area contributed by atoms with Gasteiger partial charge in [-0.1, -0.05) is 91.0 Å². The smallest absolute Gasteiger partial charge is 0.239 e. The fourth-order valence-electron chi connectivity index (χ4n) is 3.11. The molecule has 0 saturated carbocycles. The van der Waals surface area contributed by atoms with E-state index in [-0.39, 0.29) is 18.4 Å². The van der Waals surface area contributed by atoms with Crippen molar-refractivity contribution in [3.05, 3.63) is 108 Å². The third kappa shape index (κ3) is 5.55. The van der Waals surface area contributed by atoms with E-state index in [1.165, 1.54) is 5.56 Å². The van der Waals surface area contributed by atoms with Gasteiger partial charge in [0.15, 0.2) is 0 Å². The number of rotatable bonds is 8. The standard InChI is InChI=1S/C24H24N2O2/c27-22(25-17-16-19-10-4-1-5-11-19)18-26-24(28)23(20-12-6-2-7-13-20)21-14-8-3-9-15-21/h1-15,23H,16-18H2,(H,25,27)(H,26,28). The molecule has 0 fully saturated rings. The van der Waals surface area contributed by atoms with Gasteiger partial charge in [0.25, 0.3) is 0 Å². The van der Waals surface area contributed by atoms with Crippen molar-refractivity contribution in [1.82, 2.24) is 10.6 Å². The van der Waals surface area contributed by atoms with Crippen LogP contribution in [0.2, 0.25) is 0 Å². The molecule has 28 heavy (non-hydrogen) atoms. The Labute approximate surface area is 165 Å². The Morgan fingerprint density at radius 1 is 0.679 bits per heavy atom. The van der Waals surface area contributed by atoms with Gasteiger partial charge < -0.3 is 10.6 Å². The third-order valence-electron chi connectivity index (χ3n) is 4.53. The minimum Gasteiger partial charge on any atom is -0.354 e. The van der Waals surface area contributed by atoms with Gasteiger partial charge in [0.1, 0.15) is 0 Å². The van der Waals surface area contributed by atoms with Gasteiger partial charge in [0.05, 0.1) is 12.5 Å². The average molecular weight is 372 g/mol. The van der Waals surface area contributed by atoms with Crippen LogP contribution in [0.25, 0.3) is 0 Å². The van der Waals surface area contributed by atoms with E-state index in [0.717, 1.165) is 17.5 Å². The molecule has 3 rings (SSSR count). The summed E-state index contributed by atoms with van der Waals surface area (Å²) >= 11 is 0. The first kappa shape index (κ1) is 19.4. The first-order valence-electron chi connectivity index (χ1n) is 9.42. The molecule has 3 aromatic carbocycles. The number of hydrogen-bond donors (Lipinski definition) is 2. The number of nitrogens with one attached hydrogen (secondary N) is 2. The highest BCUT2D eigenvalue weighted by atomic mass is 16.2. The minimum absolute atomic E-state index is 0.0379. The molecule has 2 N–H and O–H groups in total. The summed E-state index contributed by atoms with van der Waals surface area (Å²) in [6.45, 7) is 0.503. The van der Waals surface area contributed by atoms with E-state index in [1.807, 2.05) is 91.0 Å². The molecule has 0 aliphatic heterocycles. The van der Waals surface area contributed by atoms with Crippen LogP contribution >= 0.6 is 0 Å². The van der Waals surface area contributed by atoms with Gasteiger partial charge in [-0.2, -0.15) is 0 Å². The molecule has 0 heterocycles. The SMILES string of the molecule is O=C(CNC(=O)C(c1ccccc1)c1ccccc1)NCCc1ccccc1. The topological polar surface area (TPSA) is 58.2 Å². The van der Waals surface area contributed by atoms with E-state index in [9.17, 15) is 9.59 Å². The van der Waals surface area contributed by atoms with E-state index in [1.54, 1.807) is 0 Å². The van der Waals surface area contributed by atoms with Crippen molar-refractivity contribution < 1.29 is 9.59 Å². The van der Waals surface area contributed by atoms with E-state index in [0.29, 0.717) is 6.54 Å². The van der Waals surface area contributed by atoms with E-state index < -0.39 is 5.92 Å². The molecule has 0 aliphatic rings. The second-order valence-electron chi connectivity index (χ2n) is 6.56. The van der Waals surface area contributed by atoms with Crippen LogP contribution in [-0.4, -0.2) is 24.9 Å². The molecule has 0 radical (unpaired) electrons. The summed E-state index contributed by atoms with van der Waals surface area (Å²) < 4.78 is 0. The van der Waals surface area contributed by atoms with E-state index >= 15 is 0 Å². The van der Waals surface area contributed by atoms with Crippen LogP contribution in [0.15, 0.2) is 91.0 Å². The maximum atomic E-state index is 12.9. The highest BCUT2D eigenvalue weighted by molar-refractivity contribution is 5.90. The third-order valence-corrected chi connectivity index (χ3v) is 4.53. The first-order valence-corrected chi connectivity index (χ1v) is 9.42. The predicted molar refractivity (Wildman–Crippen MR) is 111 cm³/mol. The molecule has 0 aromatic heterocycles. The molecular formula is C24H24N2O2. The molecule has 0 bridgehead atoms. The van der Waals surface area contributed by atoms with Crippen LogP contribution in [0, 0.1) is 0 Å². The Kier molecular flexibility index (Phi) is 6.96. The molecule has 0 spiro atoms. The Hall–Kier alpha value is -3.40. The van der Waals surface area contributed by atoms with Crippen molar-refractivity contribution in [2.24, 2.45) is 0 Å². The van der Waals surface area contributed by atoms with Gasteiger partial charge in [-0.05, 0) is 23.1 Å². The summed E-state index contributed by atoms with van der Waals surface area (Å²) in [5, 5.41) is 5.63. The molecule has 0 atom stereocenters. The van der Waals surface area contributed by atoms with Crippen molar-refractivity contribution in [2.45, 2.75) is 12.3 Å². The summed E-state index contributed by atoms with van der Waals surface area (Å²) in [5.74, 6) is -0.820. The normalized spacial score (nSPS) is 10.5. The molecule has 142 valence electrons. The molecule has 4 nitrogen and oxygen atoms in total. The highest BCUT2D eigenvalue weighted by Gasteiger charge is 2.22. The Balaban J connectivity index is 1.56. The first-order chi connectivity index (χ1) is 13.7. The Morgan fingerprint density at radius 2 is 1.18 bits per heavy atom. The summed E-state index contributed by atoms with van der Waals surface area (Å²) in [6, 6.07) is 29.2. The highest BCUT2D eigenvalue weighted by Crippen LogP contribution is 2.24. The van der Waals surface area contributed by atoms with Crippen LogP contribution in [0.4, 0.5) is 0 Å². The van der Waals surface area contributed by atoms with Crippen LogP contribution in [0.1, 0.15) is 22.6 Å². The number of hydrogen-bond acceptors (Lipinski definition) is 2. The van der Waals surface area contributed by atoms with Gasteiger partial charge in [0, 0.05) is 6.54 Å². The maximum absolute atomic E-state index is 12.9. The van der Waals surface area contributed by atoms with Crippen molar-refractivity contribution in [1.29, 1.82) is 0 Å². The van der Waals surface area contributed by atoms with Crippen LogP contribution in [0.3, 0.4) is 0 Å². The van der Waals surface area contributed by atoms with Crippen molar-refractivity contribution >= 4 is 11.8 Å². The number of carbonyl (C=O) groups is 2. The fourth-order valence-corrected chi connectivity index (χ4v) is 3.11. The number of benzene rings is 3. The lowest BCUT2D eigenvalue weighted by Gasteiger charge is -2.18. The van der Waals surface area contributed by atoms with Crippen molar-refractivity contribution in [3.8, 4) is 0 Å². The fraction of sp³-hybridized carbons (Fsp3) is 0.167. The van der Waals surface area contributed by atoms with Gasteiger partial charge in [-0.25, -0.2) is 0 Å². The lowest BCUT2D eigenvalue weighted by Crippen LogP contribution is -2.39. The van der Waals surface area contributed by atoms with Crippen molar-refractivity contribution in [2.75, 3.05) is 13.1 Å². The molecule has 4 heteroatoms. The number of amides is 2. The largest absolute Gasteiger partial charge is 0.354 e. The van der Waals surface area contributed by atoms with Crippen LogP contribution < -0.4 is 10.6 Å². The Bertz CT molecular complexity index is 841. The summed E-state index contributed by atoms with van der Waals surface area (Å²) in [4.78, 5) is 25.0. The van der Waals surface area contributed by atoms with Gasteiger partial charge in [-0.3, -0.25) is 9.59 Å². The number of carbonyl (C=O) groups excluding carboxylic acids is 2. The minimum atomic E-state index is -0.445. The zero-order valence-corrected chi connectivity index (χ0v) is 15.7. The summed E-state index contributed by atoms with van der Waals surface area (Å²) in [5.41, 5.74) is 2.96. The maximum Gasteiger partial charge on any atom is 0.239 e. The second-order valence-corrected chi connectivity index (χ2v) is 6.56. The summed E-state index contributed by atoms with van der Waals surface area (Å²) in [7, 11) is 0.